The second-order valence-corrected chi connectivity index (χ2v) is 29.8. The number of alkyl halides is 12. The van der Waals surface area contributed by atoms with E-state index in [2.05, 4.69) is 76.5 Å². The zero-order valence-electron chi connectivity index (χ0n) is 64.5. The molecule has 5 fully saturated rings. The Morgan fingerprint density at radius 1 is 0.442 bits per heavy atom. The van der Waals surface area contributed by atoms with Crippen molar-refractivity contribution in [3.63, 3.8) is 0 Å². The van der Waals surface area contributed by atoms with E-state index in [0.29, 0.717) is 125 Å². The molecule has 41 heteroatoms. The van der Waals surface area contributed by atoms with Crippen LogP contribution in [0.3, 0.4) is 0 Å². The number of pyridine rings is 3. The van der Waals surface area contributed by atoms with Gasteiger partial charge in [-0.2, -0.15) is 73.1 Å². The van der Waals surface area contributed by atoms with Gasteiger partial charge in [0.15, 0.2) is 22.6 Å². The highest BCUT2D eigenvalue weighted by Gasteiger charge is 2.49. The first-order valence-electron chi connectivity index (χ1n) is 37.3. The average molecular weight is 1680 g/mol. The van der Waals surface area contributed by atoms with Crippen molar-refractivity contribution in [3.05, 3.63) is 241 Å². The molecule has 15 heterocycles. The third kappa shape index (κ3) is 17.3. The van der Waals surface area contributed by atoms with E-state index in [0.717, 1.165) is 78.0 Å². The molecule has 4 aliphatic heterocycles. The van der Waals surface area contributed by atoms with Crippen LogP contribution in [-0.2, 0) is 65.8 Å². The number of benzene rings is 1. The van der Waals surface area contributed by atoms with E-state index in [9.17, 15) is 81.4 Å². The molecule has 4 saturated heterocycles. The molecule has 17 rings (SSSR count). The number of rotatable bonds is 13. The van der Waals surface area contributed by atoms with Gasteiger partial charge in [-0.05, 0) is 131 Å². The van der Waals surface area contributed by atoms with Gasteiger partial charge in [0.1, 0.15) is 50.9 Å². The largest absolute Gasteiger partial charge is 0.433 e. The van der Waals surface area contributed by atoms with E-state index in [-0.39, 0.29) is 56.2 Å². The maximum Gasteiger partial charge on any atom is 0.433 e. The lowest BCUT2D eigenvalue weighted by molar-refractivity contribution is -0.141. The van der Waals surface area contributed by atoms with Crippen molar-refractivity contribution in [2.24, 2.45) is 0 Å². The fourth-order valence-corrected chi connectivity index (χ4v) is 14.7. The number of amides is 4. The summed E-state index contributed by atoms with van der Waals surface area (Å²) in [6.45, 7) is 12.0. The van der Waals surface area contributed by atoms with E-state index < -0.39 is 105 Å². The third-order valence-electron chi connectivity index (χ3n) is 21.2. The fourth-order valence-electron chi connectivity index (χ4n) is 14.7. The Bertz CT molecular complexity index is 5680. The van der Waals surface area contributed by atoms with Crippen molar-refractivity contribution in [3.8, 4) is 0 Å². The highest BCUT2D eigenvalue weighted by molar-refractivity contribution is 6.03. The van der Waals surface area contributed by atoms with Gasteiger partial charge in [0, 0.05) is 126 Å². The van der Waals surface area contributed by atoms with E-state index in [1.54, 1.807) is 75.6 Å². The minimum Gasteiger partial charge on any atom is -0.388 e. The highest BCUT2D eigenvalue weighted by Crippen LogP contribution is 2.43. The number of nitrogens with zero attached hydrogens (tertiary/aromatic N) is 15. The number of fused-ring (bicyclic) bond motifs is 4. The summed E-state index contributed by atoms with van der Waals surface area (Å²) in [4.78, 5) is 81.3. The van der Waals surface area contributed by atoms with Crippen LogP contribution in [0.1, 0.15) is 170 Å². The first kappa shape index (κ1) is 84.4. The quantitative estimate of drug-likeness (QED) is 0.0670. The molecule has 1 aliphatic carbocycles. The predicted molar refractivity (Wildman–Crippen MR) is 396 cm³/mol. The molecule has 4 amide bonds. The van der Waals surface area contributed by atoms with Gasteiger partial charge in [0.25, 0.3) is 23.6 Å². The molecule has 11 aromatic heterocycles. The van der Waals surface area contributed by atoms with Crippen molar-refractivity contribution in [2.45, 2.75) is 139 Å². The molecule has 0 spiro atoms. The van der Waals surface area contributed by atoms with E-state index in [1.807, 2.05) is 20.0 Å². The number of carbonyl (C=O) groups is 4. The second kappa shape index (κ2) is 32.6. The molecule has 28 nitrogen and oxygen atoms in total. The summed E-state index contributed by atoms with van der Waals surface area (Å²) in [6, 6.07) is 8.74. The molecule has 120 heavy (non-hydrogen) atoms. The Hall–Kier alpha value is -12.1. The number of aliphatic hydroxyl groups is 1. The van der Waals surface area contributed by atoms with Gasteiger partial charge < -0.3 is 45.3 Å². The van der Waals surface area contributed by atoms with Crippen LogP contribution in [0.2, 0.25) is 0 Å². The molecule has 5 atom stereocenters. The molecule has 1 saturated carbocycles. The molecule has 630 valence electrons. The highest BCUT2D eigenvalue weighted by atomic mass is 19.4. The zero-order valence-corrected chi connectivity index (χ0v) is 64.5. The smallest absolute Gasteiger partial charge is 0.388 e. The molecule has 5 N–H and O–H groups in total. The minimum atomic E-state index is -4.73. The maximum atomic E-state index is 14.8. The summed E-state index contributed by atoms with van der Waals surface area (Å²) in [5.74, 6) is -2.65. The SMILES string of the molecule is Cc1cnc2c(C(=O)NC3(c4ccc(C(F)(F)F)cc4F)CCOCC3O)cnn2c1.Cc1cnc2c(C(=O)NC3(c4ccc(C(F)(F)F)cn4)CCOC3)c(C)nn2c1.Cc1cnc2c(C(=O)NC3(c4ccc(C(F)(F)F)nc4)CCOC3)c(C)nn2c1.Cc1nn2cc(C3CC3)cnc2c1C(=O)NC1(c2ccc(C(F)(F)F)cn2)CCOC1. The average Bonchev–Trinajstić information content (AvgIpc) is 0.955. The van der Waals surface area contributed by atoms with E-state index in [4.69, 9.17) is 18.9 Å². The lowest BCUT2D eigenvalue weighted by Gasteiger charge is -2.42. The van der Waals surface area contributed by atoms with Gasteiger partial charge in [-0.25, -0.2) is 42.4 Å². The van der Waals surface area contributed by atoms with E-state index >= 15 is 0 Å². The Morgan fingerprint density at radius 2 is 0.883 bits per heavy atom. The maximum absolute atomic E-state index is 14.8. The normalized spacial score (nSPS) is 20.7. The van der Waals surface area contributed by atoms with Crippen molar-refractivity contribution in [2.75, 3.05) is 52.9 Å². The topological polar surface area (TPSA) is 333 Å². The molecule has 5 unspecified atom stereocenters. The molecule has 12 aromatic rings. The van der Waals surface area contributed by atoms with E-state index in [1.165, 1.54) is 37.9 Å². The number of nitrogens with one attached hydrogen (secondary N) is 4. The van der Waals surface area contributed by atoms with Gasteiger partial charge in [-0.1, -0.05) is 12.1 Å². The summed E-state index contributed by atoms with van der Waals surface area (Å²) >= 11 is 0. The number of aryl methyl sites for hydroxylation is 6. The fraction of sp³-hybridized carbons (Fsp3) is 0.380. The summed E-state index contributed by atoms with van der Waals surface area (Å²) < 4.78 is 197. The Kier molecular flexibility index (Phi) is 22.9. The summed E-state index contributed by atoms with van der Waals surface area (Å²) in [5, 5.41) is 39.2. The van der Waals surface area contributed by atoms with Crippen LogP contribution in [0.25, 0.3) is 22.6 Å². The number of aliphatic hydroxyl groups excluding tert-OH is 1. The van der Waals surface area contributed by atoms with Crippen LogP contribution in [-0.4, -0.2) is 161 Å². The summed E-state index contributed by atoms with van der Waals surface area (Å²) in [5.41, 5.74) is 0.0129. The molecule has 0 bridgehead atoms. The Labute approximate surface area is 671 Å². The molecule has 1 aromatic carbocycles. The van der Waals surface area contributed by atoms with Crippen molar-refractivity contribution < 1.29 is 100 Å². The Balaban J connectivity index is 0.000000131. The first-order valence-corrected chi connectivity index (χ1v) is 37.3. The van der Waals surface area contributed by atoms with Crippen molar-refractivity contribution >= 4 is 46.2 Å². The number of hydrogen-bond donors (Lipinski definition) is 5. The van der Waals surface area contributed by atoms with Gasteiger partial charge in [-0.15, -0.1) is 0 Å². The number of ether oxygens (including phenoxy) is 4. The van der Waals surface area contributed by atoms with Gasteiger partial charge in [0.2, 0.25) is 0 Å². The molecular weight excluding hydrogens is 1610 g/mol. The summed E-state index contributed by atoms with van der Waals surface area (Å²) in [7, 11) is 0. The van der Waals surface area contributed by atoms with Crippen LogP contribution in [0, 0.1) is 47.4 Å². The van der Waals surface area contributed by atoms with Crippen LogP contribution >= 0.6 is 0 Å². The van der Waals surface area contributed by atoms with Crippen LogP contribution in [0.5, 0.6) is 0 Å². The Morgan fingerprint density at radius 3 is 1.30 bits per heavy atom. The lowest BCUT2D eigenvalue weighted by Crippen LogP contribution is -2.58. The van der Waals surface area contributed by atoms with Crippen LogP contribution in [0.15, 0.2) is 129 Å². The zero-order chi connectivity index (χ0) is 85.8. The van der Waals surface area contributed by atoms with Gasteiger partial charge in [0.05, 0.1) is 88.9 Å². The lowest BCUT2D eigenvalue weighted by atomic mass is 9.79. The molecular formula is C79H74F13N19O9. The number of hydrogen-bond acceptors (Lipinski definition) is 20. The van der Waals surface area contributed by atoms with Crippen LogP contribution in [0.4, 0.5) is 57.1 Å². The second-order valence-electron chi connectivity index (χ2n) is 29.8. The van der Waals surface area contributed by atoms with Gasteiger partial charge >= 0.3 is 24.7 Å². The van der Waals surface area contributed by atoms with Crippen molar-refractivity contribution in [1.82, 2.24) is 94.6 Å². The molecule has 5 aliphatic rings. The van der Waals surface area contributed by atoms with Gasteiger partial charge in [-0.3, -0.25) is 34.1 Å². The predicted octanol–water partition coefficient (Wildman–Crippen LogP) is 11.6. The standard InChI is InChI=1S/C21H20F3N5O2.C20H18F4N4O3.2C19H18F3N5O2/c1-12-17(18-26-8-14(13-2-3-13)10-29(18)28-12)19(30)27-20(6-7-31-11-20)16-5-4-15(9-25-16)21(22,23)24;1-11-7-25-17-13(8-26-28(17)9-11)18(30)27-19(4-5-31-10-16(19)29)14-3-2-12(6-15(14)21)20(22,23)24;1-11-7-24-16-15(12(2)26-27(16)9-11)17(28)25-18(5-6-29-10-18)14-4-3-13(8-23-14)19(20,21)22;1-11-7-24-16-15(12(2)26-27(16)9-11)17(28)25-18(5-6-29-10-18)13-3-4-14(23-8-13)19(20,21)22/h4-5,8-10,13H,2-3,6-7,11H2,1H3,(H,27,30);2-3,6-9,16,29H,4-5,10H2,1H3,(H,27,30);2*3-4,7-9H,5-6,10H2,1-2H3,(H,25,28). The minimum absolute atomic E-state index is 0.0477. The van der Waals surface area contributed by atoms with Crippen LogP contribution < -0.4 is 21.3 Å². The number of halogens is 13. The monoisotopic (exact) mass is 1680 g/mol. The third-order valence-corrected chi connectivity index (χ3v) is 21.2. The first-order chi connectivity index (χ1) is 56.8. The number of aromatic nitrogens is 15. The molecule has 0 radical (unpaired) electrons. The van der Waals surface area contributed by atoms with Crippen molar-refractivity contribution in [1.29, 1.82) is 0 Å². The number of carbonyl (C=O) groups excluding carboxylic acids is 4. The summed E-state index contributed by atoms with van der Waals surface area (Å²) in [6.07, 6.45) is 1.45.